The summed E-state index contributed by atoms with van der Waals surface area (Å²) in [5, 5.41) is 6.42. The predicted octanol–water partition coefficient (Wildman–Crippen LogP) is 6.88. The average Bonchev–Trinajstić information content (AvgIpc) is 3.57. The number of halogens is 2. The van der Waals surface area contributed by atoms with E-state index in [1.165, 1.54) is 7.11 Å². The summed E-state index contributed by atoms with van der Waals surface area (Å²) in [6.07, 6.45) is 3.84. The second kappa shape index (κ2) is 10.6. The molecule has 2 saturated heterocycles. The van der Waals surface area contributed by atoms with E-state index in [0.717, 1.165) is 52.4 Å². The number of carbonyl (C=O) groups is 1. The maximum atomic E-state index is 12.0. The van der Waals surface area contributed by atoms with Gasteiger partial charge in [0.25, 0.3) is 0 Å². The monoisotopic (exact) mass is 599 g/mol. The summed E-state index contributed by atoms with van der Waals surface area (Å²) in [5.74, 6) is 0.903. The topological polar surface area (TPSA) is 86.9 Å². The standard InChI is InChI=1S/C29H27Cl2N3O5S/c1-36-28(35)16-7-8-23-24(9-16)40-29(32-23)34-17-10-19(11-18(34)13-37-12-17)38-14-20-26(33-39-27(20)15-5-6-15)25-21(30)3-2-4-22(25)31/h2-4,7-9,15,17-19H,5-6,10-14H2,1H3. The van der Waals surface area contributed by atoms with Gasteiger partial charge in [-0.2, -0.15) is 0 Å². The number of nitrogens with zero attached hydrogens (tertiary/aromatic N) is 3. The summed E-state index contributed by atoms with van der Waals surface area (Å²) in [4.78, 5) is 19.3. The Morgan fingerprint density at radius 3 is 2.58 bits per heavy atom. The maximum Gasteiger partial charge on any atom is 0.337 e. The lowest BCUT2D eigenvalue weighted by molar-refractivity contribution is -0.0394. The highest BCUT2D eigenvalue weighted by Gasteiger charge is 2.41. The Morgan fingerprint density at radius 2 is 1.88 bits per heavy atom. The highest BCUT2D eigenvalue weighted by atomic mass is 35.5. The van der Waals surface area contributed by atoms with Crippen molar-refractivity contribution in [1.82, 2.24) is 10.1 Å². The molecule has 2 aliphatic heterocycles. The van der Waals surface area contributed by atoms with Gasteiger partial charge in [-0.3, -0.25) is 0 Å². The Balaban J connectivity index is 1.11. The zero-order valence-corrected chi connectivity index (χ0v) is 24.1. The number of fused-ring (bicyclic) bond motifs is 3. The quantitative estimate of drug-likeness (QED) is 0.212. The number of rotatable bonds is 7. The SMILES string of the molecule is COC(=O)c1ccc2nc(N3C4COCC3CC(OCc3c(-c5c(Cl)cccc5Cl)noc3C3CC3)C4)sc2c1. The molecular formula is C29H27Cl2N3O5S. The number of anilines is 1. The lowest BCUT2D eigenvalue weighted by atomic mass is 9.92. The summed E-state index contributed by atoms with van der Waals surface area (Å²) in [5.41, 5.74) is 3.69. The van der Waals surface area contributed by atoms with Gasteiger partial charge >= 0.3 is 5.97 Å². The van der Waals surface area contributed by atoms with Crippen LogP contribution in [0.1, 0.15) is 53.3 Å². The van der Waals surface area contributed by atoms with Crippen LogP contribution in [0.2, 0.25) is 10.0 Å². The average molecular weight is 601 g/mol. The van der Waals surface area contributed by atoms with Crippen LogP contribution in [0.3, 0.4) is 0 Å². The van der Waals surface area contributed by atoms with E-state index in [-0.39, 0.29) is 24.2 Å². The highest BCUT2D eigenvalue weighted by Crippen LogP contribution is 2.46. The second-order valence-electron chi connectivity index (χ2n) is 10.6. The number of benzene rings is 2. The van der Waals surface area contributed by atoms with Gasteiger partial charge in [0.05, 0.1) is 70.9 Å². The third-order valence-corrected chi connectivity index (χ3v) is 9.59. The molecular weight excluding hydrogens is 573 g/mol. The first-order chi connectivity index (χ1) is 19.5. The van der Waals surface area contributed by atoms with E-state index in [1.807, 2.05) is 30.3 Å². The molecule has 0 spiro atoms. The van der Waals surface area contributed by atoms with Crippen molar-refractivity contribution in [2.75, 3.05) is 25.2 Å². The van der Waals surface area contributed by atoms with Crippen LogP contribution >= 0.6 is 34.5 Å². The maximum absolute atomic E-state index is 12.0. The van der Waals surface area contributed by atoms with Crippen molar-refractivity contribution in [3.63, 3.8) is 0 Å². The summed E-state index contributed by atoms with van der Waals surface area (Å²) in [6, 6.07) is 11.2. The molecule has 4 aromatic rings. The number of piperidine rings is 1. The zero-order chi connectivity index (χ0) is 27.4. The Bertz CT molecular complexity index is 1550. The minimum absolute atomic E-state index is 0.0481. The molecule has 2 aromatic carbocycles. The number of hydrogen-bond donors (Lipinski definition) is 0. The van der Waals surface area contributed by atoms with Crippen LogP contribution in [-0.4, -0.2) is 54.6 Å². The number of aromatic nitrogens is 2. The third-order valence-electron chi connectivity index (χ3n) is 7.93. The van der Waals surface area contributed by atoms with Gasteiger partial charge in [-0.1, -0.05) is 45.8 Å². The molecule has 11 heteroatoms. The van der Waals surface area contributed by atoms with Gasteiger partial charge in [0.2, 0.25) is 0 Å². The van der Waals surface area contributed by atoms with Crippen LogP contribution in [-0.2, 0) is 20.8 Å². The number of morpholine rings is 1. The van der Waals surface area contributed by atoms with Crippen LogP contribution in [0.15, 0.2) is 40.9 Å². The van der Waals surface area contributed by atoms with E-state index < -0.39 is 0 Å². The molecule has 0 N–H and O–H groups in total. The van der Waals surface area contributed by atoms with Crippen LogP contribution in [0.5, 0.6) is 0 Å². The van der Waals surface area contributed by atoms with E-state index in [4.69, 9.17) is 46.9 Å². The first-order valence-electron chi connectivity index (χ1n) is 13.4. The largest absolute Gasteiger partial charge is 0.465 e. The van der Waals surface area contributed by atoms with E-state index in [0.29, 0.717) is 52.6 Å². The molecule has 1 aliphatic carbocycles. The molecule has 3 fully saturated rings. The predicted molar refractivity (Wildman–Crippen MR) is 154 cm³/mol. The fourth-order valence-electron chi connectivity index (χ4n) is 5.83. The molecule has 4 heterocycles. The summed E-state index contributed by atoms with van der Waals surface area (Å²) in [7, 11) is 1.39. The van der Waals surface area contributed by atoms with Gasteiger partial charge in [0, 0.05) is 17.0 Å². The highest BCUT2D eigenvalue weighted by molar-refractivity contribution is 7.22. The van der Waals surface area contributed by atoms with Crippen LogP contribution < -0.4 is 4.90 Å². The third kappa shape index (κ3) is 4.77. The molecule has 0 radical (unpaired) electrons. The van der Waals surface area contributed by atoms with Crippen molar-refractivity contribution < 1.29 is 23.5 Å². The van der Waals surface area contributed by atoms with Gasteiger partial charge in [0.15, 0.2) is 5.13 Å². The normalized spacial score (nSPS) is 22.6. The molecule has 2 aromatic heterocycles. The number of hydrogen-bond acceptors (Lipinski definition) is 9. The lowest BCUT2D eigenvalue weighted by Crippen LogP contribution is -2.58. The minimum atomic E-state index is -0.349. The van der Waals surface area contributed by atoms with Gasteiger partial charge in [-0.05, 0) is 56.0 Å². The first-order valence-corrected chi connectivity index (χ1v) is 15.0. The van der Waals surface area contributed by atoms with Crippen LogP contribution in [0.4, 0.5) is 5.13 Å². The molecule has 2 unspecified atom stereocenters. The van der Waals surface area contributed by atoms with Crippen molar-refractivity contribution in [2.45, 2.75) is 56.4 Å². The van der Waals surface area contributed by atoms with E-state index in [9.17, 15) is 4.79 Å². The van der Waals surface area contributed by atoms with Crippen molar-refractivity contribution in [2.24, 2.45) is 0 Å². The number of esters is 1. The number of methoxy groups -OCH3 is 1. The van der Waals surface area contributed by atoms with Crippen molar-refractivity contribution in [3.8, 4) is 11.3 Å². The van der Waals surface area contributed by atoms with Crippen molar-refractivity contribution >= 4 is 55.9 Å². The fraction of sp³-hybridized carbons (Fsp3) is 0.414. The van der Waals surface area contributed by atoms with Crippen molar-refractivity contribution in [3.05, 3.63) is 63.3 Å². The Hall–Kier alpha value is -2.69. The lowest BCUT2D eigenvalue weighted by Gasteiger charge is -2.48. The summed E-state index contributed by atoms with van der Waals surface area (Å²) >= 11 is 14.7. The van der Waals surface area contributed by atoms with Crippen LogP contribution in [0.25, 0.3) is 21.5 Å². The number of carbonyl (C=O) groups excluding carboxylic acids is 1. The van der Waals surface area contributed by atoms with E-state index in [2.05, 4.69) is 10.1 Å². The second-order valence-corrected chi connectivity index (χ2v) is 12.4. The zero-order valence-electron chi connectivity index (χ0n) is 21.8. The molecule has 8 nitrogen and oxygen atoms in total. The van der Waals surface area contributed by atoms with Gasteiger partial charge in [0.1, 0.15) is 11.5 Å². The molecule has 208 valence electrons. The molecule has 2 atom stereocenters. The van der Waals surface area contributed by atoms with Gasteiger partial charge in [-0.15, -0.1) is 0 Å². The molecule has 40 heavy (non-hydrogen) atoms. The summed E-state index contributed by atoms with van der Waals surface area (Å²) < 4.78 is 24.2. The van der Waals surface area contributed by atoms with Gasteiger partial charge in [-0.25, -0.2) is 9.78 Å². The smallest absolute Gasteiger partial charge is 0.337 e. The Morgan fingerprint density at radius 1 is 1.12 bits per heavy atom. The number of ether oxygens (including phenoxy) is 3. The van der Waals surface area contributed by atoms with E-state index >= 15 is 0 Å². The summed E-state index contributed by atoms with van der Waals surface area (Å²) in [6.45, 7) is 1.61. The minimum Gasteiger partial charge on any atom is -0.465 e. The first kappa shape index (κ1) is 26.2. The molecule has 0 amide bonds. The fourth-order valence-corrected chi connectivity index (χ4v) is 7.56. The van der Waals surface area contributed by atoms with Crippen LogP contribution in [0, 0.1) is 0 Å². The van der Waals surface area contributed by atoms with E-state index in [1.54, 1.807) is 17.4 Å². The molecule has 2 bridgehead atoms. The van der Waals surface area contributed by atoms with Gasteiger partial charge < -0.3 is 23.6 Å². The Kier molecular flexibility index (Phi) is 6.96. The number of thiazole rings is 1. The molecule has 3 aliphatic rings. The Labute approximate surface area is 245 Å². The van der Waals surface area contributed by atoms with Crippen molar-refractivity contribution in [1.29, 1.82) is 0 Å². The molecule has 7 rings (SSSR count). The molecule has 1 saturated carbocycles.